The Labute approximate surface area is 127 Å². The number of nitro groups is 1. The molecule has 0 aromatic heterocycles. The van der Waals surface area contributed by atoms with Gasteiger partial charge in [0.25, 0.3) is 0 Å². The molecule has 0 saturated carbocycles. The van der Waals surface area contributed by atoms with Gasteiger partial charge in [0.1, 0.15) is 11.6 Å². The first-order valence-corrected chi connectivity index (χ1v) is 8.42. The molecular formula is C13H16FNO6S. The second kappa shape index (κ2) is 7.83. The van der Waals surface area contributed by atoms with E-state index in [1.807, 2.05) is 6.92 Å². The number of carbonyl (C=O) groups is 1. The highest BCUT2D eigenvalue weighted by Crippen LogP contribution is 2.27. The molecule has 0 amide bonds. The zero-order valence-electron chi connectivity index (χ0n) is 12.0. The summed E-state index contributed by atoms with van der Waals surface area (Å²) >= 11 is 0. The van der Waals surface area contributed by atoms with E-state index >= 15 is 0 Å². The van der Waals surface area contributed by atoms with Crippen molar-refractivity contribution in [1.82, 2.24) is 0 Å². The standard InChI is InChI=1S/C13H16FNO6S/c1-2-3-4-7-22(19,20)9-13(16)21-12-8-10(14)5-6-11(12)15(17)18/h5-6,8H,2-4,7,9H2,1H3. The van der Waals surface area contributed by atoms with E-state index in [0.717, 1.165) is 18.6 Å². The molecule has 0 atom stereocenters. The maximum Gasteiger partial charge on any atom is 0.326 e. The molecule has 0 N–H and O–H groups in total. The fourth-order valence-electron chi connectivity index (χ4n) is 1.70. The predicted octanol–water partition coefficient (Wildman–Crippen LogP) is 2.24. The summed E-state index contributed by atoms with van der Waals surface area (Å²) in [6.07, 6.45) is 1.96. The van der Waals surface area contributed by atoms with Crippen molar-refractivity contribution in [3.63, 3.8) is 0 Å². The topological polar surface area (TPSA) is 104 Å². The van der Waals surface area contributed by atoms with Crippen molar-refractivity contribution in [2.45, 2.75) is 26.2 Å². The minimum Gasteiger partial charge on any atom is -0.418 e. The molecule has 0 spiro atoms. The zero-order valence-corrected chi connectivity index (χ0v) is 12.8. The van der Waals surface area contributed by atoms with Crippen LogP contribution in [0.2, 0.25) is 0 Å². The van der Waals surface area contributed by atoms with Crippen LogP contribution < -0.4 is 4.74 Å². The summed E-state index contributed by atoms with van der Waals surface area (Å²) in [5.74, 6) is -3.69. The molecule has 0 fully saturated rings. The van der Waals surface area contributed by atoms with Gasteiger partial charge in [0.2, 0.25) is 5.75 Å². The Hall–Kier alpha value is -2.03. The van der Waals surface area contributed by atoms with E-state index in [1.54, 1.807) is 0 Å². The van der Waals surface area contributed by atoms with Crippen LogP contribution in [0.4, 0.5) is 10.1 Å². The average Bonchev–Trinajstić information content (AvgIpc) is 2.37. The lowest BCUT2D eigenvalue weighted by atomic mass is 10.3. The molecule has 9 heteroatoms. The van der Waals surface area contributed by atoms with Gasteiger partial charge in [-0.1, -0.05) is 19.8 Å². The van der Waals surface area contributed by atoms with E-state index < -0.39 is 43.7 Å². The highest BCUT2D eigenvalue weighted by atomic mass is 32.2. The van der Waals surface area contributed by atoms with Crippen molar-refractivity contribution >= 4 is 21.5 Å². The summed E-state index contributed by atoms with van der Waals surface area (Å²) < 4.78 is 41.1. The zero-order chi connectivity index (χ0) is 16.8. The van der Waals surface area contributed by atoms with E-state index in [0.29, 0.717) is 18.9 Å². The molecule has 0 aliphatic heterocycles. The molecule has 7 nitrogen and oxygen atoms in total. The van der Waals surface area contributed by atoms with Crippen LogP contribution in [0.15, 0.2) is 18.2 Å². The third-order valence-electron chi connectivity index (χ3n) is 2.74. The second-order valence-corrected chi connectivity index (χ2v) is 6.83. The first-order valence-electron chi connectivity index (χ1n) is 6.60. The monoisotopic (exact) mass is 333 g/mol. The SMILES string of the molecule is CCCCCS(=O)(=O)CC(=O)Oc1cc(F)ccc1[N+](=O)[O-]. The number of unbranched alkanes of at least 4 members (excludes halogenated alkanes) is 2. The number of nitrogens with zero attached hydrogens (tertiary/aromatic N) is 1. The smallest absolute Gasteiger partial charge is 0.326 e. The molecule has 22 heavy (non-hydrogen) atoms. The van der Waals surface area contributed by atoms with Crippen LogP contribution in [0.3, 0.4) is 0 Å². The Bertz CT molecular complexity index is 658. The number of ether oxygens (including phenoxy) is 1. The Morgan fingerprint density at radius 2 is 2.05 bits per heavy atom. The van der Waals surface area contributed by atoms with Gasteiger partial charge in [0.05, 0.1) is 10.7 Å². The van der Waals surface area contributed by atoms with Crippen LogP contribution in [-0.4, -0.2) is 30.8 Å². The van der Waals surface area contributed by atoms with Gasteiger partial charge in [0.15, 0.2) is 9.84 Å². The number of halogens is 1. The molecule has 0 heterocycles. The minimum atomic E-state index is -3.65. The number of hydrogen-bond donors (Lipinski definition) is 0. The summed E-state index contributed by atoms with van der Waals surface area (Å²) in [5.41, 5.74) is -0.613. The van der Waals surface area contributed by atoms with Gasteiger partial charge in [-0.2, -0.15) is 0 Å². The van der Waals surface area contributed by atoms with Crippen LogP contribution in [0.25, 0.3) is 0 Å². The van der Waals surface area contributed by atoms with Gasteiger partial charge < -0.3 is 4.74 Å². The third-order valence-corrected chi connectivity index (χ3v) is 4.33. The summed E-state index contributed by atoms with van der Waals surface area (Å²) in [5, 5.41) is 10.7. The first kappa shape index (κ1) is 18.0. The Balaban J connectivity index is 2.77. The molecule has 1 aromatic carbocycles. The third kappa shape index (κ3) is 5.76. The van der Waals surface area contributed by atoms with Gasteiger partial charge in [0, 0.05) is 12.1 Å². The number of nitro benzene ring substituents is 1. The number of sulfone groups is 1. The van der Waals surface area contributed by atoms with Gasteiger partial charge >= 0.3 is 11.7 Å². The quantitative estimate of drug-likeness (QED) is 0.238. The minimum absolute atomic E-state index is 0.165. The van der Waals surface area contributed by atoms with Crippen molar-refractivity contribution < 1.29 is 27.3 Å². The number of carbonyl (C=O) groups excluding carboxylic acids is 1. The Morgan fingerprint density at radius 1 is 1.36 bits per heavy atom. The summed E-state index contributed by atoms with van der Waals surface area (Å²) in [4.78, 5) is 21.5. The molecule has 0 radical (unpaired) electrons. The molecule has 0 aliphatic carbocycles. The van der Waals surface area contributed by atoms with Crippen molar-refractivity contribution in [1.29, 1.82) is 0 Å². The molecule has 0 bridgehead atoms. The van der Waals surface area contributed by atoms with Gasteiger partial charge in [-0.3, -0.25) is 14.9 Å². The predicted molar refractivity (Wildman–Crippen MR) is 76.9 cm³/mol. The number of rotatable bonds is 8. The van der Waals surface area contributed by atoms with Gasteiger partial charge in [-0.15, -0.1) is 0 Å². The summed E-state index contributed by atoms with van der Waals surface area (Å²) in [6.45, 7) is 1.91. The maximum absolute atomic E-state index is 13.1. The van der Waals surface area contributed by atoms with Crippen LogP contribution in [0.1, 0.15) is 26.2 Å². The van der Waals surface area contributed by atoms with E-state index in [2.05, 4.69) is 4.74 Å². The average molecular weight is 333 g/mol. The second-order valence-electron chi connectivity index (χ2n) is 4.64. The largest absolute Gasteiger partial charge is 0.418 e. The fourth-order valence-corrected chi connectivity index (χ4v) is 2.90. The Kier molecular flexibility index (Phi) is 6.41. The Morgan fingerprint density at radius 3 is 2.64 bits per heavy atom. The van der Waals surface area contributed by atoms with E-state index in [1.165, 1.54) is 0 Å². The van der Waals surface area contributed by atoms with Crippen LogP contribution in [-0.2, 0) is 14.6 Å². The van der Waals surface area contributed by atoms with E-state index in [-0.39, 0.29) is 5.75 Å². The summed E-state index contributed by atoms with van der Waals surface area (Å²) in [7, 11) is -3.65. The van der Waals surface area contributed by atoms with Crippen molar-refractivity contribution in [3.05, 3.63) is 34.1 Å². The lowest BCUT2D eigenvalue weighted by Crippen LogP contribution is -2.23. The van der Waals surface area contributed by atoms with Crippen molar-refractivity contribution in [2.24, 2.45) is 0 Å². The highest BCUT2D eigenvalue weighted by molar-refractivity contribution is 7.92. The lowest BCUT2D eigenvalue weighted by molar-refractivity contribution is -0.385. The molecule has 0 saturated heterocycles. The molecule has 0 unspecified atom stereocenters. The molecule has 1 rings (SSSR count). The van der Waals surface area contributed by atoms with Crippen molar-refractivity contribution in [3.8, 4) is 5.75 Å². The highest BCUT2D eigenvalue weighted by Gasteiger charge is 2.22. The molecular weight excluding hydrogens is 317 g/mol. The summed E-state index contributed by atoms with van der Waals surface area (Å²) in [6, 6.07) is 2.35. The van der Waals surface area contributed by atoms with Gasteiger partial charge in [-0.05, 0) is 12.5 Å². The maximum atomic E-state index is 13.1. The number of benzene rings is 1. The van der Waals surface area contributed by atoms with Gasteiger partial charge in [-0.25, -0.2) is 12.8 Å². The first-order chi connectivity index (χ1) is 10.2. The van der Waals surface area contributed by atoms with Crippen LogP contribution in [0.5, 0.6) is 5.75 Å². The van der Waals surface area contributed by atoms with E-state index in [9.17, 15) is 27.7 Å². The number of hydrogen-bond acceptors (Lipinski definition) is 6. The lowest BCUT2D eigenvalue weighted by Gasteiger charge is -2.06. The molecule has 1 aromatic rings. The van der Waals surface area contributed by atoms with Crippen LogP contribution in [0, 0.1) is 15.9 Å². The molecule has 122 valence electrons. The van der Waals surface area contributed by atoms with Crippen LogP contribution >= 0.6 is 0 Å². The fraction of sp³-hybridized carbons (Fsp3) is 0.462. The van der Waals surface area contributed by atoms with E-state index in [4.69, 9.17) is 0 Å². The normalized spacial score (nSPS) is 11.2. The molecule has 0 aliphatic rings. The van der Waals surface area contributed by atoms with Crippen molar-refractivity contribution in [2.75, 3.05) is 11.5 Å². The number of esters is 1.